The Morgan fingerprint density at radius 2 is 2.12 bits per heavy atom. The lowest BCUT2D eigenvalue weighted by Crippen LogP contribution is -2.34. The Balaban J connectivity index is 2.16. The summed E-state index contributed by atoms with van der Waals surface area (Å²) in [5.41, 5.74) is 5.67. The molecule has 3 N–H and O–H groups in total. The van der Waals surface area contributed by atoms with Crippen molar-refractivity contribution in [3.8, 4) is 0 Å². The van der Waals surface area contributed by atoms with Crippen LogP contribution in [-0.4, -0.2) is 18.0 Å². The van der Waals surface area contributed by atoms with Crippen LogP contribution in [0.3, 0.4) is 0 Å². The van der Waals surface area contributed by atoms with Gasteiger partial charge in [-0.3, -0.25) is 4.79 Å². The van der Waals surface area contributed by atoms with Gasteiger partial charge in [0.05, 0.1) is 0 Å². The van der Waals surface area contributed by atoms with Crippen LogP contribution in [0.25, 0.3) is 0 Å². The molecule has 17 heavy (non-hydrogen) atoms. The zero-order chi connectivity index (χ0) is 12.7. The number of hydrogen-bond acceptors (Lipinski definition) is 2. The summed E-state index contributed by atoms with van der Waals surface area (Å²) >= 11 is 0. The van der Waals surface area contributed by atoms with Crippen LogP contribution < -0.4 is 11.1 Å². The molecule has 0 radical (unpaired) electrons. The molecule has 3 heteroatoms. The summed E-state index contributed by atoms with van der Waals surface area (Å²) in [6, 6.07) is 0.629. The topological polar surface area (TPSA) is 55.1 Å². The van der Waals surface area contributed by atoms with Crippen LogP contribution in [-0.2, 0) is 4.79 Å². The molecule has 1 aliphatic rings. The van der Waals surface area contributed by atoms with Gasteiger partial charge in [0.1, 0.15) is 0 Å². The molecule has 3 nitrogen and oxygen atoms in total. The molecule has 0 heterocycles. The van der Waals surface area contributed by atoms with E-state index in [0.29, 0.717) is 12.5 Å². The Hall–Kier alpha value is -0.570. The molecule has 100 valence electrons. The van der Waals surface area contributed by atoms with Crippen molar-refractivity contribution in [3.63, 3.8) is 0 Å². The van der Waals surface area contributed by atoms with E-state index in [1.807, 2.05) is 6.92 Å². The van der Waals surface area contributed by atoms with E-state index in [1.54, 1.807) is 0 Å². The van der Waals surface area contributed by atoms with Crippen LogP contribution in [0.15, 0.2) is 0 Å². The van der Waals surface area contributed by atoms with E-state index >= 15 is 0 Å². The van der Waals surface area contributed by atoms with E-state index in [2.05, 4.69) is 12.2 Å². The first kappa shape index (κ1) is 14.5. The molecule has 1 amide bonds. The van der Waals surface area contributed by atoms with Crippen molar-refractivity contribution in [1.82, 2.24) is 5.32 Å². The van der Waals surface area contributed by atoms with Crippen LogP contribution in [0.2, 0.25) is 0 Å². The Kier molecular flexibility index (Phi) is 6.56. The van der Waals surface area contributed by atoms with Crippen LogP contribution in [0, 0.1) is 5.92 Å². The van der Waals surface area contributed by atoms with E-state index in [1.165, 1.54) is 19.3 Å². The normalized spacial score (nSPS) is 27.2. The Morgan fingerprint density at radius 3 is 2.82 bits per heavy atom. The van der Waals surface area contributed by atoms with Crippen molar-refractivity contribution in [2.24, 2.45) is 11.7 Å². The minimum Gasteiger partial charge on any atom is -0.353 e. The van der Waals surface area contributed by atoms with Crippen molar-refractivity contribution in [1.29, 1.82) is 0 Å². The predicted molar refractivity (Wildman–Crippen MR) is 71.7 cm³/mol. The first-order valence-corrected chi connectivity index (χ1v) is 7.13. The zero-order valence-electron chi connectivity index (χ0n) is 11.4. The number of carbonyl (C=O) groups is 1. The van der Waals surface area contributed by atoms with E-state index in [-0.39, 0.29) is 11.9 Å². The minimum absolute atomic E-state index is 0.210. The summed E-state index contributed by atoms with van der Waals surface area (Å²) in [6.07, 6.45) is 8.62. The molecule has 0 bridgehead atoms. The first-order chi connectivity index (χ1) is 8.08. The van der Waals surface area contributed by atoms with Crippen molar-refractivity contribution in [3.05, 3.63) is 0 Å². The summed E-state index contributed by atoms with van der Waals surface area (Å²) in [7, 11) is 0. The molecular weight excluding hydrogens is 212 g/mol. The number of nitrogens with one attached hydrogen (secondary N) is 1. The second-order valence-corrected chi connectivity index (χ2v) is 5.75. The van der Waals surface area contributed by atoms with Crippen LogP contribution in [0.1, 0.15) is 65.2 Å². The molecule has 0 aromatic carbocycles. The summed E-state index contributed by atoms with van der Waals surface area (Å²) in [5.74, 6) is 1.04. The molecule has 1 aliphatic carbocycles. The van der Waals surface area contributed by atoms with Crippen LogP contribution >= 0.6 is 0 Å². The van der Waals surface area contributed by atoms with Crippen molar-refractivity contribution in [2.45, 2.75) is 77.3 Å². The molecule has 0 spiro atoms. The van der Waals surface area contributed by atoms with E-state index < -0.39 is 0 Å². The van der Waals surface area contributed by atoms with E-state index in [0.717, 1.165) is 31.6 Å². The molecule has 0 aliphatic heterocycles. The SMILES string of the molecule is CC(N)CCCC(=O)NC1CCCC(C)CC1. The monoisotopic (exact) mass is 240 g/mol. The second kappa shape index (κ2) is 7.70. The molecule has 3 atom stereocenters. The van der Waals surface area contributed by atoms with Gasteiger partial charge in [0.2, 0.25) is 5.91 Å². The Morgan fingerprint density at radius 1 is 1.35 bits per heavy atom. The largest absolute Gasteiger partial charge is 0.353 e. The third-order valence-corrected chi connectivity index (χ3v) is 3.69. The second-order valence-electron chi connectivity index (χ2n) is 5.75. The lowest BCUT2D eigenvalue weighted by Gasteiger charge is -2.16. The van der Waals surface area contributed by atoms with Gasteiger partial charge in [-0.2, -0.15) is 0 Å². The maximum absolute atomic E-state index is 11.7. The summed E-state index contributed by atoms with van der Waals surface area (Å²) in [5, 5.41) is 3.17. The van der Waals surface area contributed by atoms with E-state index in [9.17, 15) is 4.79 Å². The maximum Gasteiger partial charge on any atom is 0.220 e. The maximum atomic E-state index is 11.7. The van der Waals surface area contributed by atoms with Crippen molar-refractivity contribution in [2.75, 3.05) is 0 Å². The summed E-state index contributed by atoms with van der Waals surface area (Å²) in [4.78, 5) is 11.7. The average molecular weight is 240 g/mol. The number of rotatable bonds is 5. The Bertz CT molecular complexity index is 228. The molecule has 0 aromatic rings. The molecule has 0 aromatic heterocycles. The number of amides is 1. The molecular formula is C14H28N2O. The third kappa shape index (κ3) is 6.67. The van der Waals surface area contributed by atoms with Crippen molar-refractivity contribution >= 4 is 5.91 Å². The smallest absolute Gasteiger partial charge is 0.220 e. The van der Waals surface area contributed by atoms with Gasteiger partial charge < -0.3 is 11.1 Å². The fourth-order valence-corrected chi connectivity index (χ4v) is 2.52. The molecule has 1 saturated carbocycles. The molecule has 1 rings (SSSR count). The van der Waals surface area contributed by atoms with Gasteiger partial charge in [-0.25, -0.2) is 0 Å². The predicted octanol–water partition coefficient (Wildman–Crippen LogP) is 2.59. The van der Waals surface area contributed by atoms with Gasteiger partial charge >= 0.3 is 0 Å². The molecule has 3 unspecified atom stereocenters. The molecule has 1 fully saturated rings. The first-order valence-electron chi connectivity index (χ1n) is 7.13. The van der Waals surface area contributed by atoms with E-state index in [4.69, 9.17) is 5.73 Å². The fraction of sp³-hybridized carbons (Fsp3) is 0.929. The van der Waals surface area contributed by atoms with Gasteiger partial charge in [-0.15, -0.1) is 0 Å². The van der Waals surface area contributed by atoms with Gasteiger partial charge in [-0.05, 0) is 44.9 Å². The van der Waals surface area contributed by atoms with Crippen molar-refractivity contribution < 1.29 is 4.79 Å². The highest BCUT2D eigenvalue weighted by Crippen LogP contribution is 2.22. The average Bonchev–Trinajstić information content (AvgIpc) is 2.43. The van der Waals surface area contributed by atoms with Gasteiger partial charge in [0.15, 0.2) is 0 Å². The lowest BCUT2D eigenvalue weighted by molar-refractivity contribution is -0.122. The lowest BCUT2D eigenvalue weighted by atomic mass is 10.0. The quantitative estimate of drug-likeness (QED) is 0.726. The third-order valence-electron chi connectivity index (χ3n) is 3.69. The van der Waals surface area contributed by atoms with Crippen LogP contribution in [0.5, 0.6) is 0 Å². The molecule has 0 saturated heterocycles. The number of hydrogen-bond donors (Lipinski definition) is 2. The van der Waals surface area contributed by atoms with Gasteiger partial charge in [0.25, 0.3) is 0 Å². The van der Waals surface area contributed by atoms with Gasteiger partial charge in [-0.1, -0.05) is 19.8 Å². The standard InChI is InChI=1S/C14H28N2O/c1-11-5-3-7-13(10-9-11)16-14(17)8-4-6-12(2)15/h11-13H,3-10,15H2,1-2H3,(H,16,17). The fourth-order valence-electron chi connectivity index (χ4n) is 2.52. The highest BCUT2D eigenvalue weighted by atomic mass is 16.1. The highest BCUT2D eigenvalue weighted by Gasteiger charge is 2.17. The summed E-state index contributed by atoms with van der Waals surface area (Å²) < 4.78 is 0. The summed E-state index contributed by atoms with van der Waals surface area (Å²) in [6.45, 7) is 4.30. The minimum atomic E-state index is 0.210. The number of carbonyl (C=O) groups excluding carboxylic acids is 1. The van der Waals surface area contributed by atoms with Crippen LogP contribution in [0.4, 0.5) is 0 Å². The zero-order valence-corrected chi connectivity index (χ0v) is 11.4. The Labute approximate surface area is 106 Å². The van der Waals surface area contributed by atoms with Gasteiger partial charge in [0, 0.05) is 18.5 Å². The highest BCUT2D eigenvalue weighted by molar-refractivity contribution is 5.76. The number of nitrogens with two attached hydrogens (primary N) is 1.